The number of fused-ring (bicyclic) bond motifs is 6. The molecule has 1 aliphatic rings. The fourth-order valence-electron chi connectivity index (χ4n) is 4.35. The number of hydrogen-bond acceptors (Lipinski definition) is 1. The largest absolute Gasteiger partial charge is 0.299 e. The summed E-state index contributed by atoms with van der Waals surface area (Å²) in [6, 6.07) is 17.6. The first kappa shape index (κ1) is 12.8. The van der Waals surface area contributed by atoms with E-state index in [2.05, 4.69) is 81.5 Å². The first-order valence-corrected chi connectivity index (χ1v) is 7.65. The van der Waals surface area contributed by atoms with Crippen LogP contribution in [0.3, 0.4) is 0 Å². The standard InChI is InChI=1S/C20H21N/c1-19(2)17-15-11-7-5-9-13(15)14-10-6-8-12-16(14)18(17)20(3,4)21-19/h5-12,21H,1-4H3. The molecule has 0 saturated carbocycles. The maximum Gasteiger partial charge on any atom is 0.0394 e. The number of nitrogens with one attached hydrogen (secondary N) is 1. The maximum atomic E-state index is 3.82. The van der Waals surface area contributed by atoms with Crippen LogP contribution < -0.4 is 5.32 Å². The van der Waals surface area contributed by atoms with Crippen LogP contribution in [0, 0.1) is 0 Å². The van der Waals surface area contributed by atoms with Gasteiger partial charge in [-0.3, -0.25) is 5.32 Å². The highest BCUT2D eigenvalue weighted by atomic mass is 15.1. The van der Waals surface area contributed by atoms with Gasteiger partial charge in [-0.05, 0) is 60.4 Å². The Kier molecular flexibility index (Phi) is 2.36. The monoisotopic (exact) mass is 275 g/mol. The van der Waals surface area contributed by atoms with Gasteiger partial charge in [-0.25, -0.2) is 0 Å². The van der Waals surface area contributed by atoms with Gasteiger partial charge in [0.25, 0.3) is 0 Å². The quantitative estimate of drug-likeness (QED) is 0.565. The zero-order chi connectivity index (χ0) is 14.8. The molecule has 0 atom stereocenters. The van der Waals surface area contributed by atoms with Crippen LogP contribution in [0.4, 0.5) is 0 Å². The molecule has 21 heavy (non-hydrogen) atoms. The van der Waals surface area contributed by atoms with Gasteiger partial charge >= 0.3 is 0 Å². The second-order valence-electron chi connectivity index (χ2n) is 7.22. The molecule has 0 unspecified atom stereocenters. The lowest BCUT2D eigenvalue weighted by atomic mass is 9.82. The second kappa shape index (κ2) is 3.86. The molecular formula is C20H21N. The van der Waals surface area contributed by atoms with E-state index in [-0.39, 0.29) is 11.1 Å². The Morgan fingerprint density at radius 3 is 1.29 bits per heavy atom. The predicted molar refractivity (Wildman–Crippen MR) is 90.6 cm³/mol. The smallest absolute Gasteiger partial charge is 0.0394 e. The average molecular weight is 275 g/mol. The second-order valence-corrected chi connectivity index (χ2v) is 7.22. The molecule has 1 heteroatoms. The summed E-state index contributed by atoms with van der Waals surface area (Å²) in [4.78, 5) is 0. The molecule has 0 radical (unpaired) electrons. The summed E-state index contributed by atoms with van der Waals surface area (Å²) in [7, 11) is 0. The topological polar surface area (TPSA) is 12.0 Å². The molecule has 1 aliphatic heterocycles. The molecule has 0 amide bonds. The fourth-order valence-corrected chi connectivity index (χ4v) is 4.35. The Labute approximate surface area is 126 Å². The summed E-state index contributed by atoms with van der Waals surface area (Å²) in [5.41, 5.74) is 2.90. The molecule has 0 aromatic heterocycles. The molecule has 1 heterocycles. The van der Waals surface area contributed by atoms with Crippen LogP contribution in [-0.2, 0) is 11.1 Å². The highest BCUT2D eigenvalue weighted by molar-refractivity contribution is 6.11. The van der Waals surface area contributed by atoms with Crippen molar-refractivity contribution in [3.05, 3.63) is 59.7 Å². The van der Waals surface area contributed by atoms with Crippen molar-refractivity contribution in [2.24, 2.45) is 0 Å². The van der Waals surface area contributed by atoms with Crippen LogP contribution in [0.1, 0.15) is 38.8 Å². The average Bonchev–Trinajstić information content (AvgIpc) is 2.64. The molecule has 0 saturated heterocycles. The summed E-state index contributed by atoms with van der Waals surface area (Å²) < 4.78 is 0. The molecule has 0 bridgehead atoms. The number of rotatable bonds is 0. The van der Waals surface area contributed by atoms with Crippen LogP contribution >= 0.6 is 0 Å². The predicted octanol–water partition coefficient (Wildman–Crippen LogP) is 5.07. The molecule has 0 spiro atoms. The Morgan fingerprint density at radius 1 is 0.571 bits per heavy atom. The van der Waals surface area contributed by atoms with E-state index >= 15 is 0 Å². The van der Waals surface area contributed by atoms with E-state index in [9.17, 15) is 0 Å². The van der Waals surface area contributed by atoms with Crippen LogP contribution in [0.15, 0.2) is 48.5 Å². The highest BCUT2D eigenvalue weighted by Gasteiger charge is 2.43. The van der Waals surface area contributed by atoms with Gasteiger partial charge in [0.2, 0.25) is 0 Å². The molecule has 3 aromatic rings. The van der Waals surface area contributed by atoms with Gasteiger partial charge in [0, 0.05) is 11.1 Å². The van der Waals surface area contributed by atoms with Crippen molar-refractivity contribution in [2.75, 3.05) is 0 Å². The molecule has 0 aliphatic carbocycles. The van der Waals surface area contributed by atoms with E-state index in [4.69, 9.17) is 0 Å². The van der Waals surface area contributed by atoms with E-state index < -0.39 is 0 Å². The van der Waals surface area contributed by atoms with Crippen molar-refractivity contribution in [1.82, 2.24) is 5.32 Å². The van der Waals surface area contributed by atoms with Gasteiger partial charge in [-0.2, -0.15) is 0 Å². The summed E-state index contributed by atoms with van der Waals surface area (Å²) in [6.45, 7) is 9.17. The summed E-state index contributed by atoms with van der Waals surface area (Å²) in [6.07, 6.45) is 0. The molecule has 1 N–H and O–H groups in total. The third kappa shape index (κ3) is 1.61. The van der Waals surface area contributed by atoms with Crippen molar-refractivity contribution in [3.63, 3.8) is 0 Å². The normalized spacial score (nSPS) is 19.0. The molecule has 3 aromatic carbocycles. The lowest BCUT2D eigenvalue weighted by Crippen LogP contribution is -2.40. The molecule has 1 nitrogen and oxygen atoms in total. The van der Waals surface area contributed by atoms with Crippen LogP contribution in [0.5, 0.6) is 0 Å². The van der Waals surface area contributed by atoms with Gasteiger partial charge in [0.15, 0.2) is 0 Å². The Morgan fingerprint density at radius 2 is 0.905 bits per heavy atom. The molecule has 4 rings (SSSR count). The van der Waals surface area contributed by atoms with Gasteiger partial charge < -0.3 is 0 Å². The number of benzene rings is 3. The van der Waals surface area contributed by atoms with Gasteiger partial charge in [-0.1, -0.05) is 48.5 Å². The first-order chi connectivity index (χ1) is 9.92. The van der Waals surface area contributed by atoms with Crippen LogP contribution in [-0.4, -0.2) is 0 Å². The van der Waals surface area contributed by atoms with Crippen LogP contribution in [0.25, 0.3) is 21.5 Å². The minimum Gasteiger partial charge on any atom is -0.299 e. The summed E-state index contributed by atoms with van der Waals surface area (Å²) >= 11 is 0. The maximum absolute atomic E-state index is 3.82. The van der Waals surface area contributed by atoms with Crippen molar-refractivity contribution in [3.8, 4) is 0 Å². The zero-order valence-electron chi connectivity index (χ0n) is 13.1. The lowest BCUT2D eigenvalue weighted by molar-refractivity contribution is 0.321. The summed E-state index contributed by atoms with van der Waals surface area (Å²) in [5.74, 6) is 0. The Balaban J connectivity index is 2.35. The van der Waals surface area contributed by atoms with Gasteiger partial charge in [-0.15, -0.1) is 0 Å². The van der Waals surface area contributed by atoms with E-state index in [1.807, 2.05) is 0 Å². The highest BCUT2D eigenvalue weighted by Crippen LogP contribution is 2.48. The van der Waals surface area contributed by atoms with Gasteiger partial charge in [0.05, 0.1) is 0 Å². The third-order valence-electron chi connectivity index (χ3n) is 4.81. The molecule has 0 fully saturated rings. The minimum atomic E-state index is -0.0114. The SMILES string of the molecule is CC1(C)NC(C)(C)c2c1c1ccccc1c1ccccc21. The van der Waals surface area contributed by atoms with E-state index in [1.165, 1.54) is 32.7 Å². The lowest BCUT2D eigenvalue weighted by Gasteiger charge is -2.26. The van der Waals surface area contributed by atoms with Crippen molar-refractivity contribution in [2.45, 2.75) is 38.8 Å². The van der Waals surface area contributed by atoms with E-state index in [1.54, 1.807) is 0 Å². The van der Waals surface area contributed by atoms with Crippen molar-refractivity contribution >= 4 is 21.5 Å². The third-order valence-corrected chi connectivity index (χ3v) is 4.81. The first-order valence-electron chi connectivity index (χ1n) is 7.65. The number of hydrogen-bond donors (Lipinski definition) is 1. The summed E-state index contributed by atoms with van der Waals surface area (Å²) in [5, 5.41) is 9.31. The van der Waals surface area contributed by atoms with Gasteiger partial charge in [0.1, 0.15) is 0 Å². The Bertz CT molecular complexity index is 799. The minimum absolute atomic E-state index is 0.0114. The molecular weight excluding hydrogens is 254 g/mol. The fraction of sp³-hybridized carbons (Fsp3) is 0.300. The van der Waals surface area contributed by atoms with Crippen molar-refractivity contribution in [1.29, 1.82) is 0 Å². The Hall–Kier alpha value is -1.86. The molecule has 106 valence electrons. The van der Waals surface area contributed by atoms with E-state index in [0.717, 1.165) is 0 Å². The zero-order valence-corrected chi connectivity index (χ0v) is 13.1. The van der Waals surface area contributed by atoms with Crippen molar-refractivity contribution < 1.29 is 0 Å². The van der Waals surface area contributed by atoms with Crippen LogP contribution in [0.2, 0.25) is 0 Å². The van der Waals surface area contributed by atoms with E-state index in [0.29, 0.717) is 0 Å².